The van der Waals surface area contributed by atoms with E-state index < -0.39 is 0 Å². The molecule has 0 aromatic carbocycles. The molecular weight excluding hydrogens is 542 g/mol. The van der Waals surface area contributed by atoms with Crippen LogP contribution in [0.25, 0.3) is 0 Å². The molecule has 11 nitrogen and oxygen atoms in total. The van der Waals surface area contributed by atoms with E-state index in [2.05, 4.69) is 0 Å². The molecule has 0 rings (SSSR count). The van der Waals surface area contributed by atoms with Crippen LogP contribution in [-0.4, -0.2) is 179 Å². The molecule has 0 spiro atoms. The third kappa shape index (κ3) is 1410. The summed E-state index contributed by atoms with van der Waals surface area (Å²) in [5.41, 5.74) is 0. The van der Waals surface area contributed by atoms with Crippen LogP contribution < -0.4 is 0 Å². The van der Waals surface area contributed by atoms with Gasteiger partial charge in [0.25, 0.3) is 0 Å². The Bertz CT molecular complexity index is 81.0. The van der Waals surface area contributed by atoms with Gasteiger partial charge in [-0.1, -0.05) is 29.7 Å². The van der Waals surface area contributed by atoms with Crippen molar-refractivity contribution < 1.29 is 0 Å². The molecule has 11 N–H and O–H groups in total. The van der Waals surface area contributed by atoms with Crippen molar-refractivity contribution in [2.45, 2.75) is 29.7 Å². The quantitative estimate of drug-likeness (QED) is 0.149. The van der Waals surface area contributed by atoms with Crippen LogP contribution in [0, 0.1) is 47.5 Å². The summed E-state index contributed by atoms with van der Waals surface area (Å²) in [6.07, 6.45) is 0. The van der Waals surface area contributed by atoms with Gasteiger partial charge >= 0.3 is 227 Å². The molecule has 22 heteroatoms. The van der Waals surface area contributed by atoms with Crippen LogP contribution >= 0.6 is 0 Å². The summed E-state index contributed by atoms with van der Waals surface area (Å²) < 4.78 is 63.7. The third-order valence-electron chi connectivity index (χ3n) is 0. The molecule has 0 amide bonds. The van der Waals surface area contributed by atoms with E-state index in [0.717, 1.165) is 161 Å². The molecule has 0 bridgehead atoms. The fraction of sp³-hybridized carbons (Fsp3) is 1.00. The second kappa shape index (κ2) is 1570. The molecule has 142 valence electrons. The van der Waals surface area contributed by atoms with Crippen molar-refractivity contribution in [3.63, 3.8) is 0 Å². The number of nitrogens with one attached hydrogen (secondary N) is 11. The minimum absolute atomic E-state index is 0. The summed E-state index contributed by atoms with van der Waals surface area (Å²) in [5, 5.41) is 0. The van der Waals surface area contributed by atoms with Crippen molar-refractivity contribution in [1.29, 1.82) is 47.5 Å². The second-order valence-corrected chi connectivity index (χ2v) is 0. The summed E-state index contributed by atoms with van der Waals surface area (Å²) in [5.74, 6) is 0. The average molecular weight is 580 g/mol. The first kappa shape index (κ1) is 113. The first-order valence-corrected chi connectivity index (χ1v) is 12.4. The Hall–Kier alpha value is 3.76. The van der Waals surface area contributed by atoms with Crippen molar-refractivity contribution in [2.24, 2.45) is 0 Å². The normalized spacial score (nSPS) is 1.27. The zero-order valence-corrected chi connectivity index (χ0v) is 30.4. The van der Waals surface area contributed by atoms with Crippen LogP contribution in [0.2, 0.25) is 0 Å². The first-order valence-electron chi connectivity index (χ1n) is 3.89. The average Bonchev–Trinajstić information content (AvgIpc) is 2.78. The molecule has 0 saturated heterocycles. The van der Waals surface area contributed by atoms with Gasteiger partial charge < -0.3 is 0 Å². The van der Waals surface area contributed by atoms with E-state index in [0.29, 0.717) is 18.4 Å². The number of hydrogen-bond acceptors (Lipinski definition) is 11. The van der Waals surface area contributed by atoms with Gasteiger partial charge in [-0.2, -0.15) is 0 Å². The van der Waals surface area contributed by atoms with Gasteiger partial charge in [-0.3, -0.25) is 0 Å². The Balaban J connectivity index is -0.00000000388. The van der Waals surface area contributed by atoms with Crippen LogP contribution in [0.4, 0.5) is 0 Å². The maximum absolute atomic E-state index is 5.88. The van der Waals surface area contributed by atoms with E-state index in [9.17, 15) is 0 Å². The molecule has 0 aliphatic heterocycles. The number of hydrogen-bond donors (Lipinski definition) is 11. The molecule has 0 fully saturated rings. The topological polar surface area (TPSA) is 262 Å². The Morgan fingerprint density at radius 3 is 0.231 bits per heavy atom. The molecule has 0 aromatic rings. The Morgan fingerprint density at radius 1 is 0.231 bits per heavy atom. The van der Waals surface area contributed by atoms with E-state index in [4.69, 9.17) is 47.5 Å². The molecular formula is C4H38Al10GaN11. The molecule has 0 unspecified atom stereocenters. The van der Waals surface area contributed by atoms with Crippen LogP contribution in [-0.2, 0) is 0 Å². The van der Waals surface area contributed by atoms with Crippen molar-refractivity contribution in [1.82, 2.24) is 0 Å². The minimum atomic E-state index is 0. The van der Waals surface area contributed by atoms with E-state index in [1.165, 1.54) is 0 Å². The summed E-state index contributed by atoms with van der Waals surface area (Å²) in [7, 11) is 0. The van der Waals surface area contributed by atoms with E-state index >= 15 is 0 Å². The van der Waals surface area contributed by atoms with E-state index in [1.54, 1.807) is 0 Å². The molecule has 0 heterocycles. The molecule has 0 saturated carbocycles. The second-order valence-electron chi connectivity index (χ2n) is 0. The zero-order chi connectivity index (χ0) is 22.0. The van der Waals surface area contributed by atoms with E-state index in [1.807, 2.05) is 0 Å². The fourth-order valence-electron chi connectivity index (χ4n) is 0. The van der Waals surface area contributed by atoms with Gasteiger partial charge in [0.05, 0.1) is 0 Å². The third-order valence-corrected chi connectivity index (χ3v) is 0. The fourth-order valence-corrected chi connectivity index (χ4v) is 0. The van der Waals surface area contributed by atoms with E-state index in [-0.39, 0.29) is 29.7 Å². The standard InChI is InChI=1S/4CH4.10Al.Ga.11HN.11H/h4*1H4;;;;;;;;;;;;11*1H;;;;;;;;;;;. The van der Waals surface area contributed by atoms with Gasteiger partial charge in [-0.05, 0) is 0 Å². The molecule has 0 atom stereocenters. The Labute approximate surface area is 252 Å². The maximum atomic E-state index is 5.88. The first-order chi connectivity index (χ1) is 11.0. The monoisotopic (exact) mass is 579 g/mol. The van der Waals surface area contributed by atoms with Gasteiger partial charge in [-0.15, -0.1) is 0 Å². The molecule has 0 aliphatic carbocycles. The molecule has 0 aromatic heterocycles. The van der Waals surface area contributed by atoms with Crippen LogP contribution in [0.3, 0.4) is 0 Å². The summed E-state index contributed by atoms with van der Waals surface area (Å²) >= 11 is 11.7. The van der Waals surface area contributed by atoms with Crippen molar-refractivity contribution in [3.8, 4) is 0 Å². The van der Waals surface area contributed by atoms with Crippen LogP contribution in [0.1, 0.15) is 29.7 Å². The van der Waals surface area contributed by atoms with Gasteiger partial charge in [0.15, 0.2) is 0 Å². The Morgan fingerprint density at radius 2 is 0.231 bits per heavy atom. The van der Waals surface area contributed by atoms with Crippen LogP contribution in [0.15, 0.2) is 0 Å². The number of rotatable bonds is 0. The zero-order valence-electron chi connectivity index (χ0n) is 13.3. The van der Waals surface area contributed by atoms with Gasteiger partial charge in [0.2, 0.25) is 0 Å². The van der Waals surface area contributed by atoms with Crippen molar-refractivity contribution >= 4 is 179 Å². The summed E-state index contributed by atoms with van der Waals surface area (Å²) in [4.78, 5) is 0. The summed E-state index contributed by atoms with van der Waals surface area (Å²) in [6, 6.07) is 0. The van der Waals surface area contributed by atoms with Crippen LogP contribution in [0.5, 0.6) is 0 Å². The molecule has 0 aliphatic rings. The molecule has 0 radical (unpaired) electrons. The van der Waals surface area contributed by atoms with Gasteiger partial charge in [0.1, 0.15) is 0 Å². The van der Waals surface area contributed by atoms with Crippen molar-refractivity contribution in [2.75, 3.05) is 0 Å². The Kier molecular flexibility index (Phi) is 6810. The SMILES string of the molecule is C.C.C.C.[NH]=[AlH].[NH]=[AlH].[NH]=[AlH].[NH]=[AlH].[NH]=[AlH].[NH]=[AlH].[NH]=[AlH].[NH]=[AlH].[NH]=[AlH].[NH]=[AlH].[NH]=[GaH]. The predicted octanol–water partition coefficient (Wildman–Crippen LogP) is -1.31. The molecule has 26 heavy (non-hydrogen) atoms. The van der Waals surface area contributed by atoms with Gasteiger partial charge in [-0.25, -0.2) is 0 Å². The van der Waals surface area contributed by atoms with Gasteiger partial charge in [0, 0.05) is 0 Å². The predicted molar refractivity (Wildman–Crippen MR) is 135 cm³/mol. The summed E-state index contributed by atoms with van der Waals surface area (Å²) in [6.45, 7) is 0. The van der Waals surface area contributed by atoms with Crippen molar-refractivity contribution in [3.05, 3.63) is 0 Å².